The summed E-state index contributed by atoms with van der Waals surface area (Å²) < 4.78 is 27.6. The standard InChI is InChI=1S/C12H16O3.C12H14O.C10H12N2O.C8H17N.CH2O2/c1-9(2)13-8-12-14-7-10-5-3-4-6-11(10)15-12;1-4-11-5-7-12(8-6-11)9-13-10(2)3;1-7(2)13-8-3-4-9-10(5-8)12-6-11-9;1-8(2,3)9-6-4-5-7-9;2-1-3/h3-6,9,12H,7-8H2,1-2H3;1,5-8,10H,9H2,2-3H3;3-5,7H,6H2,1-2H3;4-7H2,1-3H3;1H,(H,2,3). The minimum Gasteiger partial charge on any atom is -0.491 e. The highest BCUT2D eigenvalue weighted by molar-refractivity contribution is 5.34. The molecular formula is C43H61N3O7. The minimum atomic E-state index is -0.276. The van der Waals surface area contributed by atoms with E-state index in [0.29, 0.717) is 32.0 Å². The molecule has 1 fully saturated rings. The Labute approximate surface area is 317 Å². The van der Waals surface area contributed by atoms with E-state index in [1.165, 1.54) is 25.9 Å². The normalized spacial score (nSPS) is 15.5. The van der Waals surface area contributed by atoms with Gasteiger partial charge in [-0.3, -0.25) is 19.7 Å². The van der Waals surface area contributed by atoms with E-state index in [9.17, 15) is 0 Å². The molecule has 0 spiro atoms. The summed E-state index contributed by atoms with van der Waals surface area (Å²) in [5, 5.41) is 8.80. The Hall–Kier alpha value is -4.27. The Morgan fingerprint density at radius 1 is 0.906 bits per heavy atom. The molecule has 0 aromatic heterocycles. The fourth-order valence-corrected chi connectivity index (χ4v) is 5.09. The molecule has 53 heavy (non-hydrogen) atoms. The van der Waals surface area contributed by atoms with Gasteiger partial charge >= 0.3 is 0 Å². The number of carbonyl (C=O) groups is 1. The average molecular weight is 732 g/mol. The van der Waals surface area contributed by atoms with Gasteiger partial charge in [0, 0.05) is 22.7 Å². The molecule has 3 aliphatic heterocycles. The maximum atomic E-state index is 8.36. The van der Waals surface area contributed by atoms with Gasteiger partial charge in [-0.15, -0.1) is 6.42 Å². The van der Waals surface area contributed by atoms with Gasteiger partial charge in [0.15, 0.2) is 0 Å². The van der Waals surface area contributed by atoms with E-state index in [0.717, 1.165) is 38.9 Å². The summed E-state index contributed by atoms with van der Waals surface area (Å²) >= 11 is 0. The number of rotatable bonds is 8. The number of terminal acetylenes is 1. The van der Waals surface area contributed by atoms with Crippen molar-refractivity contribution in [3.05, 3.63) is 94.1 Å². The number of hydrogen-bond acceptors (Lipinski definition) is 9. The molecule has 3 aromatic rings. The molecule has 0 aliphatic carbocycles. The van der Waals surface area contributed by atoms with Crippen LogP contribution in [-0.2, 0) is 32.2 Å². The van der Waals surface area contributed by atoms with Crippen molar-refractivity contribution < 1.29 is 33.6 Å². The van der Waals surface area contributed by atoms with E-state index in [1.54, 1.807) is 0 Å². The molecule has 1 N–H and O–H groups in total. The van der Waals surface area contributed by atoms with Gasteiger partial charge < -0.3 is 28.8 Å². The van der Waals surface area contributed by atoms with Gasteiger partial charge in [-0.1, -0.05) is 36.3 Å². The highest BCUT2D eigenvalue weighted by Crippen LogP contribution is 2.25. The third-order valence-electron chi connectivity index (χ3n) is 7.78. The molecule has 10 heteroatoms. The van der Waals surface area contributed by atoms with E-state index in [1.807, 2.05) is 108 Å². The monoisotopic (exact) mass is 731 g/mol. The van der Waals surface area contributed by atoms with Crippen molar-refractivity contribution in [2.75, 3.05) is 26.4 Å². The topological polar surface area (TPSA) is 111 Å². The average Bonchev–Trinajstić information content (AvgIpc) is 3.84. The molecule has 1 saturated heterocycles. The first-order valence-corrected chi connectivity index (χ1v) is 18.4. The van der Waals surface area contributed by atoms with Gasteiger partial charge in [0.1, 0.15) is 24.8 Å². The van der Waals surface area contributed by atoms with Crippen LogP contribution < -0.4 is 20.2 Å². The second kappa shape index (κ2) is 24.1. The summed E-state index contributed by atoms with van der Waals surface area (Å²) in [6, 6.07) is 21.6. The molecule has 0 amide bonds. The second-order valence-corrected chi connectivity index (χ2v) is 14.3. The van der Waals surface area contributed by atoms with Gasteiger partial charge in [-0.05, 0) is 124 Å². The lowest BCUT2D eigenvalue weighted by molar-refractivity contribution is -0.150. The fraction of sp³-hybridized carbons (Fsp3) is 0.512. The number of fused-ring (bicyclic) bond motifs is 2. The minimum absolute atomic E-state index is 0.203. The number of para-hydroxylation sites is 1. The van der Waals surface area contributed by atoms with Crippen molar-refractivity contribution in [3.63, 3.8) is 0 Å². The van der Waals surface area contributed by atoms with E-state index < -0.39 is 0 Å². The number of likely N-dealkylation sites (tertiary alicyclic amines) is 1. The van der Waals surface area contributed by atoms with E-state index in [2.05, 4.69) is 41.6 Å². The number of benzene rings is 3. The molecule has 3 aliphatic rings. The third kappa shape index (κ3) is 18.4. The zero-order chi connectivity index (χ0) is 39.2. The summed E-state index contributed by atoms with van der Waals surface area (Å²) in [5.41, 5.74) is 3.58. The predicted molar refractivity (Wildman–Crippen MR) is 210 cm³/mol. The molecule has 0 radical (unpaired) electrons. The summed E-state index contributed by atoms with van der Waals surface area (Å²) in [5.74, 6) is 4.35. The number of nitrogens with zero attached hydrogens (tertiary/aromatic N) is 3. The van der Waals surface area contributed by atoms with Gasteiger partial charge in [-0.2, -0.15) is 0 Å². The first kappa shape index (κ1) is 44.9. The lowest BCUT2D eigenvalue weighted by Crippen LogP contribution is -2.38. The van der Waals surface area contributed by atoms with Crippen molar-refractivity contribution in [1.29, 1.82) is 0 Å². The quantitative estimate of drug-likeness (QED) is 0.191. The first-order valence-electron chi connectivity index (χ1n) is 18.4. The van der Waals surface area contributed by atoms with E-state index in [-0.39, 0.29) is 31.1 Å². The smallest absolute Gasteiger partial charge is 0.290 e. The maximum absolute atomic E-state index is 8.36. The van der Waals surface area contributed by atoms with Crippen LogP contribution >= 0.6 is 0 Å². The van der Waals surface area contributed by atoms with Crippen molar-refractivity contribution in [2.24, 2.45) is 9.98 Å². The maximum Gasteiger partial charge on any atom is 0.290 e. The lowest BCUT2D eigenvalue weighted by atomic mass is 10.1. The zero-order valence-electron chi connectivity index (χ0n) is 33.2. The van der Waals surface area contributed by atoms with Crippen LogP contribution in [0, 0.1) is 12.3 Å². The van der Waals surface area contributed by atoms with Gasteiger partial charge in [0.25, 0.3) is 6.47 Å². The van der Waals surface area contributed by atoms with Crippen LogP contribution in [0.25, 0.3) is 0 Å². The Kier molecular flexibility index (Phi) is 20.4. The molecule has 1 atom stereocenters. The Morgan fingerprint density at radius 3 is 2.09 bits per heavy atom. The highest BCUT2D eigenvalue weighted by atomic mass is 16.7. The van der Waals surface area contributed by atoms with E-state index >= 15 is 0 Å². The summed E-state index contributed by atoms with van der Waals surface area (Å²) in [6.07, 6.45) is 8.44. The zero-order valence-corrected chi connectivity index (χ0v) is 33.2. The summed E-state index contributed by atoms with van der Waals surface area (Å²) in [4.78, 5) is 19.3. The molecule has 290 valence electrons. The molecule has 1 unspecified atom stereocenters. The first-order chi connectivity index (χ1) is 25.2. The largest absolute Gasteiger partial charge is 0.491 e. The van der Waals surface area contributed by atoms with Crippen LogP contribution in [0.5, 0.6) is 11.5 Å². The van der Waals surface area contributed by atoms with Gasteiger partial charge in [-0.25, -0.2) is 0 Å². The van der Waals surface area contributed by atoms with Crippen molar-refractivity contribution >= 4 is 6.47 Å². The number of hydrogen-bond donors (Lipinski definition) is 1. The predicted octanol–water partition coefficient (Wildman–Crippen LogP) is 7.21. The van der Waals surface area contributed by atoms with Crippen LogP contribution in [0.1, 0.15) is 91.8 Å². The molecule has 0 bridgehead atoms. The molecule has 3 aromatic carbocycles. The second-order valence-electron chi connectivity index (χ2n) is 14.3. The van der Waals surface area contributed by atoms with Crippen LogP contribution in [0.15, 0.2) is 76.7 Å². The summed E-state index contributed by atoms with van der Waals surface area (Å²) in [7, 11) is 0. The Balaban J connectivity index is 0.000000241. The Morgan fingerprint density at radius 2 is 1.53 bits per heavy atom. The highest BCUT2D eigenvalue weighted by Gasteiger charge is 2.23. The third-order valence-corrected chi connectivity index (χ3v) is 7.78. The van der Waals surface area contributed by atoms with Crippen molar-refractivity contribution in [2.45, 2.75) is 119 Å². The molecule has 10 nitrogen and oxygen atoms in total. The van der Waals surface area contributed by atoms with Crippen molar-refractivity contribution in [3.8, 4) is 23.8 Å². The lowest BCUT2D eigenvalue weighted by Gasteiger charge is -2.31. The Bertz CT molecular complexity index is 1640. The molecule has 3 heterocycles. The summed E-state index contributed by atoms with van der Waals surface area (Å²) in [6.45, 7) is 23.6. The van der Waals surface area contributed by atoms with Crippen LogP contribution in [0.3, 0.4) is 0 Å². The number of ether oxygens (including phenoxy) is 5. The SMILES string of the molecule is C#Cc1ccc(COC(C)C)cc1.CC(C)(C)N1CCCC1.CC(C)OCC1OCc2ccccc2O1.CC(C)Oc1ccc2c(c1)=NCN=2.O=CO. The van der Waals surface area contributed by atoms with Gasteiger partial charge in [0.2, 0.25) is 6.29 Å². The number of carboxylic acid groups (broad SMARTS) is 1. The molecular weight excluding hydrogens is 670 g/mol. The molecule has 6 rings (SSSR count). The van der Waals surface area contributed by atoms with E-state index in [4.69, 9.17) is 40.0 Å². The van der Waals surface area contributed by atoms with Crippen LogP contribution in [0.4, 0.5) is 0 Å². The van der Waals surface area contributed by atoms with Gasteiger partial charge in [0.05, 0.1) is 42.2 Å². The van der Waals surface area contributed by atoms with Crippen LogP contribution in [0.2, 0.25) is 0 Å². The fourth-order valence-electron chi connectivity index (χ4n) is 5.09. The van der Waals surface area contributed by atoms with Crippen molar-refractivity contribution in [1.82, 2.24) is 4.90 Å². The van der Waals surface area contributed by atoms with Crippen LogP contribution in [-0.4, -0.2) is 73.0 Å². The molecule has 0 saturated carbocycles.